The van der Waals surface area contributed by atoms with E-state index in [-0.39, 0.29) is 42.3 Å². The lowest BCUT2D eigenvalue weighted by molar-refractivity contribution is -0.140. The minimum atomic E-state index is -0.371. The van der Waals surface area contributed by atoms with Crippen LogP contribution in [0.5, 0.6) is 0 Å². The maximum absolute atomic E-state index is 12.6. The number of hydrogen-bond donors (Lipinski definition) is 0. The first-order valence-corrected chi connectivity index (χ1v) is 10.7. The number of fused-ring (bicyclic) bond motifs is 4. The molecule has 4 atom stereocenters. The summed E-state index contributed by atoms with van der Waals surface area (Å²) in [6.07, 6.45) is 6.61. The van der Waals surface area contributed by atoms with E-state index in [4.69, 9.17) is 14.2 Å². The van der Waals surface area contributed by atoms with Crippen molar-refractivity contribution < 1.29 is 23.8 Å². The average Bonchev–Trinajstić information content (AvgIpc) is 3.37. The van der Waals surface area contributed by atoms with Crippen molar-refractivity contribution >= 4 is 22.8 Å². The number of allylic oxidation sites excluding steroid dienone is 1. The molecule has 3 aliphatic rings. The first kappa shape index (κ1) is 19.9. The number of aromatic nitrogens is 1. The Morgan fingerprint density at radius 1 is 1.35 bits per heavy atom. The summed E-state index contributed by atoms with van der Waals surface area (Å²) in [4.78, 5) is 29.0. The Bertz CT molecular complexity index is 1110. The number of nitrogens with zero attached hydrogens (tertiary/aromatic N) is 1. The molecule has 1 aromatic carbocycles. The molecule has 160 valence electrons. The molecular formula is C25H25NO5. The SMILES string of the molecule is C=C1C(=O)O[C@H]2[C@H]1CC/C(COC(=O)c1ccc3cccnc3c1)=C\CC[C@@]1(C)O[C@@H]21. The summed E-state index contributed by atoms with van der Waals surface area (Å²) in [5.41, 5.74) is 2.53. The lowest BCUT2D eigenvalue weighted by atomic mass is 9.84. The minimum absolute atomic E-state index is 0.0602. The first-order valence-electron chi connectivity index (χ1n) is 10.7. The Hall–Kier alpha value is -2.99. The van der Waals surface area contributed by atoms with Gasteiger partial charge >= 0.3 is 11.9 Å². The van der Waals surface area contributed by atoms with Gasteiger partial charge in [-0.05, 0) is 56.4 Å². The Balaban J connectivity index is 1.28. The zero-order chi connectivity index (χ0) is 21.6. The highest BCUT2D eigenvalue weighted by molar-refractivity contribution is 5.94. The average molecular weight is 419 g/mol. The van der Waals surface area contributed by atoms with Gasteiger partial charge in [0.25, 0.3) is 0 Å². The fourth-order valence-electron chi connectivity index (χ4n) is 4.69. The second kappa shape index (κ2) is 7.61. The molecule has 2 saturated heterocycles. The summed E-state index contributed by atoms with van der Waals surface area (Å²) < 4.78 is 17.1. The summed E-state index contributed by atoms with van der Waals surface area (Å²) in [5, 5.41) is 0.978. The zero-order valence-corrected chi connectivity index (χ0v) is 17.5. The largest absolute Gasteiger partial charge is 0.458 e. The van der Waals surface area contributed by atoms with Gasteiger partial charge in [0.1, 0.15) is 18.8 Å². The van der Waals surface area contributed by atoms with Gasteiger partial charge in [-0.2, -0.15) is 0 Å². The van der Waals surface area contributed by atoms with Crippen molar-refractivity contribution in [3.05, 3.63) is 65.9 Å². The maximum atomic E-state index is 12.6. The van der Waals surface area contributed by atoms with Crippen molar-refractivity contribution in [2.24, 2.45) is 5.92 Å². The molecule has 0 bridgehead atoms. The van der Waals surface area contributed by atoms with Crippen LogP contribution in [-0.2, 0) is 19.0 Å². The Morgan fingerprint density at radius 3 is 3.10 bits per heavy atom. The van der Waals surface area contributed by atoms with Crippen LogP contribution in [0.4, 0.5) is 0 Å². The second-order valence-corrected chi connectivity index (χ2v) is 8.78. The van der Waals surface area contributed by atoms with Gasteiger partial charge in [-0.15, -0.1) is 0 Å². The summed E-state index contributed by atoms with van der Waals surface area (Å²) in [5.74, 6) is -0.762. The molecule has 0 N–H and O–H groups in total. The number of ether oxygens (including phenoxy) is 3. The number of epoxide rings is 1. The van der Waals surface area contributed by atoms with Gasteiger partial charge in [0.2, 0.25) is 0 Å². The molecule has 0 radical (unpaired) electrons. The van der Waals surface area contributed by atoms with Crippen molar-refractivity contribution in [3.63, 3.8) is 0 Å². The minimum Gasteiger partial charge on any atom is -0.458 e. The van der Waals surface area contributed by atoms with Gasteiger partial charge in [0.15, 0.2) is 0 Å². The van der Waals surface area contributed by atoms with E-state index in [0.29, 0.717) is 24.0 Å². The molecule has 5 rings (SSSR count). The molecule has 0 saturated carbocycles. The van der Waals surface area contributed by atoms with Gasteiger partial charge in [0, 0.05) is 23.1 Å². The summed E-state index contributed by atoms with van der Waals surface area (Å²) in [7, 11) is 0. The van der Waals surface area contributed by atoms with Crippen LogP contribution in [0.25, 0.3) is 10.9 Å². The van der Waals surface area contributed by atoms with Crippen molar-refractivity contribution in [1.82, 2.24) is 4.98 Å². The number of carbonyl (C=O) groups is 2. The number of hydrogen-bond acceptors (Lipinski definition) is 6. The van der Waals surface area contributed by atoms with E-state index in [1.807, 2.05) is 18.2 Å². The molecule has 1 aliphatic carbocycles. The molecule has 0 spiro atoms. The highest BCUT2D eigenvalue weighted by Crippen LogP contribution is 2.49. The lowest BCUT2D eigenvalue weighted by Crippen LogP contribution is -2.29. The third-order valence-corrected chi connectivity index (χ3v) is 6.67. The summed E-state index contributed by atoms with van der Waals surface area (Å²) in [6, 6.07) is 9.20. The first-order chi connectivity index (χ1) is 14.9. The number of benzene rings is 1. The van der Waals surface area contributed by atoms with Crippen LogP contribution in [0.3, 0.4) is 0 Å². The topological polar surface area (TPSA) is 78.0 Å². The highest BCUT2D eigenvalue weighted by atomic mass is 16.6. The highest BCUT2D eigenvalue weighted by Gasteiger charge is 2.61. The van der Waals surface area contributed by atoms with Crippen molar-refractivity contribution in [1.29, 1.82) is 0 Å². The van der Waals surface area contributed by atoms with Crippen LogP contribution < -0.4 is 0 Å². The zero-order valence-electron chi connectivity index (χ0n) is 17.5. The maximum Gasteiger partial charge on any atom is 0.338 e. The van der Waals surface area contributed by atoms with E-state index >= 15 is 0 Å². The predicted molar refractivity (Wildman–Crippen MR) is 114 cm³/mol. The van der Waals surface area contributed by atoms with E-state index in [2.05, 4.69) is 24.6 Å². The van der Waals surface area contributed by atoms with Crippen molar-refractivity contribution in [2.75, 3.05) is 6.61 Å². The fraction of sp³-hybridized carbons (Fsp3) is 0.400. The van der Waals surface area contributed by atoms with Crippen LogP contribution in [0.2, 0.25) is 0 Å². The van der Waals surface area contributed by atoms with Gasteiger partial charge in [-0.1, -0.05) is 24.8 Å². The third kappa shape index (κ3) is 3.76. The van der Waals surface area contributed by atoms with Gasteiger partial charge in [0.05, 0.1) is 16.7 Å². The summed E-state index contributed by atoms with van der Waals surface area (Å²) >= 11 is 0. The normalized spacial score (nSPS) is 31.8. The Kier molecular flexibility index (Phi) is 4.89. The molecular weight excluding hydrogens is 394 g/mol. The Labute approximate surface area is 180 Å². The molecule has 31 heavy (non-hydrogen) atoms. The predicted octanol–water partition coefficient (Wildman–Crippen LogP) is 4.15. The monoisotopic (exact) mass is 419 g/mol. The van der Waals surface area contributed by atoms with Gasteiger partial charge in [-0.25, -0.2) is 9.59 Å². The van der Waals surface area contributed by atoms with Crippen molar-refractivity contribution in [3.8, 4) is 0 Å². The third-order valence-electron chi connectivity index (χ3n) is 6.67. The summed E-state index contributed by atoms with van der Waals surface area (Å²) in [6.45, 7) is 6.23. The molecule has 0 amide bonds. The molecule has 2 fully saturated rings. The quantitative estimate of drug-likeness (QED) is 0.322. The van der Waals surface area contributed by atoms with E-state index in [1.54, 1.807) is 18.3 Å². The van der Waals surface area contributed by atoms with E-state index in [9.17, 15) is 9.59 Å². The molecule has 2 aliphatic heterocycles. The van der Waals surface area contributed by atoms with Crippen LogP contribution in [0.15, 0.2) is 60.3 Å². The van der Waals surface area contributed by atoms with E-state index < -0.39 is 0 Å². The van der Waals surface area contributed by atoms with Crippen molar-refractivity contribution in [2.45, 2.75) is 50.4 Å². The lowest BCUT2D eigenvalue weighted by Gasteiger charge is -2.20. The smallest absolute Gasteiger partial charge is 0.338 e. The molecule has 1 aromatic heterocycles. The molecule has 6 nitrogen and oxygen atoms in total. The number of carbonyl (C=O) groups excluding carboxylic acids is 2. The number of esters is 2. The molecule has 2 aromatic rings. The molecule has 3 heterocycles. The van der Waals surface area contributed by atoms with E-state index in [0.717, 1.165) is 29.3 Å². The van der Waals surface area contributed by atoms with Crippen LogP contribution in [0.1, 0.15) is 43.0 Å². The fourth-order valence-corrected chi connectivity index (χ4v) is 4.69. The van der Waals surface area contributed by atoms with Gasteiger partial charge < -0.3 is 14.2 Å². The number of pyridine rings is 1. The molecule has 6 heteroatoms. The van der Waals surface area contributed by atoms with Crippen LogP contribution >= 0.6 is 0 Å². The van der Waals surface area contributed by atoms with Gasteiger partial charge in [-0.3, -0.25) is 4.98 Å². The number of rotatable bonds is 3. The second-order valence-electron chi connectivity index (χ2n) is 8.78. The standard InChI is InChI=1S/C25H25NO5/c1-15-19-10-7-16(5-3-11-25(2)22(31-25)21(19)30-23(15)27)14-29-24(28)18-9-8-17-6-4-12-26-20(17)13-18/h4-6,8-9,12-13,19,21-22H,1,3,7,10-11,14H2,2H3/b16-5+/t19-,21-,22-,25+/m0/s1. The van der Waals surface area contributed by atoms with E-state index in [1.165, 1.54) is 0 Å². The van der Waals surface area contributed by atoms with Crippen LogP contribution in [0, 0.1) is 5.92 Å². The Morgan fingerprint density at radius 2 is 2.23 bits per heavy atom. The molecule has 0 unspecified atom stereocenters. The van der Waals surface area contributed by atoms with Crippen LogP contribution in [-0.4, -0.2) is 41.3 Å².